The summed E-state index contributed by atoms with van der Waals surface area (Å²) < 4.78 is 51.1. The van der Waals surface area contributed by atoms with Crippen LogP contribution in [-0.2, 0) is 47.6 Å². The van der Waals surface area contributed by atoms with Crippen molar-refractivity contribution in [1.29, 1.82) is 0 Å². The highest BCUT2D eigenvalue weighted by molar-refractivity contribution is 7.86. The Bertz CT molecular complexity index is 861. The van der Waals surface area contributed by atoms with Crippen molar-refractivity contribution in [2.75, 3.05) is 6.61 Å². The zero-order valence-electron chi connectivity index (χ0n) is 16.3. The van der Waals surface area contributed by atoms with Gasteiger partial charge in [-0.25, -0.2) is 0 Å². The van der Waals surface area contributed by atoms with Crippen LogP contribution in [0.2, 0.25) is 0 Å². The third kappa shape index (κ3) is 6.24. The van der Waals surface area contributed by atoms with E-state index in [4.69, 9.17) is 23.1 Å². The van der Waals surface area contributed by atoms with Gasteiger partial charge in [0.1, 0.15) is 12.7 Å². The Morgan fingerprint density at radius 1 is 0.931 bits per heavy atom. The van der Waals surface area contributed by atoms with Crippen molar-refractivity contribution < 1.29 is 45.9 Å². The summed E-state index contributed by atoms with van der Waals surface area (Å²) in [5.41, 5.74) is 0.841. The van der Waals surface area contributed by atoms with Crippen LogP contribution in [0, 0.1) is 6.92 Å². The van der Waals surface area contributed by atoms with Gasteiger partial charge in [-0.2, -0.15) is 8.42 Å². The van der Waals surface area contributed by atoms with Crippen LogP contribution >= 0.6 is 0 Å². The minimum absolute atomic E-state index is 0.133. The van der Waals surface area contributed by atoms with Gasteiger partial charge in [0.2, 0.25) is 6.29 Å². The van der Waals surface area contributed by atoms with E-state index in [0.717, 1.165) is 26.3 Å². The summed E-state index contributed by atoms with van der Waals surface area (Å²) in [6, 6.07) is 5.88. The first-order valence-corrected chi connectivity index (χ1v) is 10.0. The molecule has 4 atom stereocenters. The molecule has 0 spiro atoms. The van der Waals surface area contributed by atoms with Crippen molar-refractivity contribution in [3.63, 3.8) is 0 Å². The minimum Gasteiger partial charge on any atom is -0.463 e. The quantitative estimate of drug-likeness (QED) is 0.348. The molecule has 4 unspecified atom stereocenters. The Labute approximate surface area is 168 Å². The Hall–Kier alpha value is -2.50. The molecule has 0 aromatic heterocycles. The predicted molar refractivity (Wildman–Crippen MR) is 95.9 cm³/mol. The Morgan fingerprint density at radius 3 is 2.03 bits per heavy atom. The lowest BCUT2D eigenvalue weighted by atomic mass is 10.1. The van der Waals surface area contributed by atoms with Crippen LogP contribution in [0.15, 0.2) is 29.2 Å². The molecule has 0 saturated carbocycles. The van der Waals surface area contributed by atoms with Crippen molar-refractivity contribution >= 4 is 28.0 Å². The highest BCUT2D eigenvalue weighted by Crippen LogP contribution is 2.31. The van der Waals surface area contributed by atoms with E-state index in [1.54, 1.807) is 19.1 Å². The molecule has 1 aromatic rings. The largest absolute Gasteiger partial charge is 0.463 e. The van der Waals surface area contributed by atoms with Crippen LogP contribution in [-0.4, -0.2) is 57.5 Å². The number of aryl methyl sites for hydroxylation is 1. The van der Waals surface area contributed by atoms with Gasteiger partial charge >= 0.3 is 17.9 Å². The molecule has 1 aromatic carbocycles. The molecule has 1 aliphatic heterocycles. The van der Waals surface area contributed by atoms with Crippen LogP contribution in [0.5, 0.6) is 0 Å². The number of benzene rings is 1. The highest BCUT2D eigenvalue weighted by atomic mass is 32.2. The summed E-state index contributed by atoms with van der Waals surface area (Å²) in [7, 11) is -4.30. The monoisotopic (exact) mass is 430 g/mol. The molecule has 1 aliphatic rings. The van der Waals surface area contributed by atoms with E-state index < -0.39 is 59.2 Å². The molecule has 11 heteroatoms. The molecule has 0 aliphatic carbocycles. The van der Waals surface area contributed by atoms with Gasteiger partial charge < -0.3 is 18.9 Å². The van der Waals surface area contributed by atoms with E-state index in [1.165, 1.54) is 12.1 Å². The summed E-state index contributed by atoms with van der Waals surface area (Å²) in [4.78, 5) is 33.9. The van der Waals surface area contributed by atoms with Crippen LogP contribution in [0.3, 0.4) is 0 Å². The fourth-order valence-corrected chi connectivity index (χ4v) is 3.73. The first kappa shape index (κ1) is 22.8. The van der Waals surface area contributed by atoms with Gasteiger partial charge in [-0.05, 0) is 19.1 Å². The molecule has 1 saturated heterocycles. The van der Waals surface area contributed by atoms with Crippen molar-refractivity contribution in [2.45, 2.75) is 57.2 Å². The second-order valence-corrected chi connectivity index (χ2v) is 7.93. The lowest BCUT2D eigenvalue weighted by molar-refractivity contribution is -0.197. The fourth-order valence-electron chi connectivity index (χ4n) is 2.62. The minimum atomic E-state index is -4.30. The van der Waals surface area contributed by atoms with Gasteiger partial charge in [0.25, 0.3) is 10.1 Å². The van der Waals surface area contributed by atoms with Crippen molar-refractivity contribution in [3.8, 4) is 0 Å². The van der Waals surface area contributed by atoms with Crippen LogP contribution < -0.4 is 0 Å². The highest BCUT2D eigenvalue weighted by Gasteiger charge is 2.52. The van der Waals surface area contributed by atoms with Gasteiger partial charge in [-0.1, -0.05) is 17.7 Å². The van der Waals surface area contributed by atoms with Crippen molar-refractivity contribution in [2.24, 2.45) is 0 Å². The Morgan fingerprint density at radius 2 is 1.52 bits per heavy atom. The molecule has 29 heavy (non-hydrogen) atoms. The Kier molecular flexibility index (Phi) is 7.33. The Balaban J connectivity index is 2.35. The summed E-state index contributed by atoms with van der Waals surface area (Å²) in [5, 5.41) is 0. The molecule has 2 rings (SSSR count). The number of ether oxygens (including phenoxy) is 4. The number of carbonyl (C=O) groups excluding carboxylic acids is 3. The molecular weight excluding hydrogens is 408 g/mol. The zero-order chi connectivity index (χ0) is 21.8. The normalized spacial score (nSPS) is 24.0. The summed E-state index contributed by atoms with van der Waals surface area (Å²) in [6.45, 7) is 4.74. The zero-order valence-corrected chi connectivity index (χ0v) is 17.1. The maximum Gasteiger partial charge on any atom is 0.305 e. The molecule has 1 fully saturated rings. The summed E-state index contributed by atoms with van der Waals surface area (Å²) in [5.74, 6) is -2.17. The van der Waals surface area contributed by atoms with Gasteiger partial charge in [0.05, 0.1) is 4.90 Å². The van der Waals surface area contributed by atoms with Crippen LogP contribution in [0.1, 0.15) is 26.3 Å². The van der Waals surface area contributed by atoms with E-state index in [9.17, 15) is 22.8 Å². The van der Waals surface area contributed by atoms with Crippen molar-refractivity contribution in [3.05, 3.63) is 29.8 Å². The molecule has 1 heterocycles. The summed E-state index contributed by atoms with van der Waals surface area (Å²) >= 11 is 0. The van der Waals surface area contributed by atoms with E-state index in [-0.39, 0.29) is 4.90 Å². The second kappa shape index (κ2) is 9.33. The SMILES string of the molecule is CC(=O)OCC1OC(OC(C)=O)C(OC(C)=O)C1OS(=O)(=O)c1ccc(C)cc1. The topological polar surface area (TPSA) is 132 Å². The predicted octanol–water partition coefficient (Wildman–Crippen LogP) is 0.852. The average molecular weight is 430 g/mol. The van der Waals surface area contributed by atoms with E-state index in [0.29, 0.717) is 0 Å². The molecule has 0 N–H and O–H groups in total. The van der Waals surface area contributed by atoms with Crippen molar-refractivity contribution in [1.82, 2.24) is 0 Å². The molecule has 0 radical (unpaired) electrons. The van der Waals surface area contributed by atoms with Gasteiger partial charge in [0.15, 0.2) is 12.2 Å². The molecule has 0 amide bonds. The lowest BCUT2D eigenvalue weighted by Crippen LogP contribution is -2.42. The third-order valence-corrected chi connectivity index (χ3v) is 5.17. The third-order valence-electron chi connectivity index (χ3n) is 3.85. The molecule has 10 nitrogen and oxygen atoms in total. The van der Waals surface area contributed by atoms with E-state index in [2.05, 4.69) is 0 Å². The molecule has 0 bridgehead atoms. The number of esters is 3. The van der Waals surface area contributed by atoms with Gasteiger partial charge in [-0.15, -0.1) is 0 Å². The van der Waals surface area contributed by atoms with Gasteiger partial charge in [-0.3, -0.25) is 18.6 Å². The van der Waals surface area contributed by atoms with Crippen LogP contribution in [0.4, 0.5) is 0 Å². The summed E-state index contributed by atoms with van der Waals surface area (Å²) in [6.07, 6.45) is -5.42. The fraction of sp³-hybridized carbons (Fsp3) is 0.500. The number of rotatable bonds is 7. The van der Waals surface area contributed by atoms with Gasteiger partial charge in [0, 0.05) is 20.8 Å². The first-order valence-electron chi connectivity index (χ1n) is 8.63. The molecular formula is C18H22O10S. The maximum atomic E-state index is 12.7. The number of hydrogen-bond acceptors (Lipinski definition) is 10. The van der Waals surface area contributed by atoms with E-state index >= 15 is 0 Å². The van der Waals surface area contributed by atoms with Crippen LogP contribution in [0.25, 0.3) is 0 Å². The maximum absolute atomic E-state index is 12.7. The lowest BCUT2D eigenvalue weighted by Gasteiger charge is -2.23. The number of carbonyl (C=O) groups is 3. The standard InChI is InChI=1S/C18H22O10S/c1-10-5-7-14(8-6-10)29(22,23)28-16-15(9-24-11(2)19)27-18(26-13(4)21)17(16)25-12(3)20/h5-8,15-18H,9H2,1-4H3. The first-order chi connectivity index (χ1) is 13.5. The van der Waals surface area contributed by atoms with E-state index in [1.807, 2.05) is 0 Å². The average Bonchev–Trinajstić information content (AvgIpc) is 2.88. The smallest absolute Gasteiger partial charge is 0.305 e. The molecule has 160 valence electrons. The number of hydrogen-bond donors (Lipinski definition) is 0. The second-order valence-electron chi connectivity index (χ2n) is 6.36.